The highest BCUT2D eigenvalue weighted by molar-refractivity contribution is 7.91. The van der Waals surface area contributed by atoms with Gasteiger partial charge in [0.1, 0.15) is 10.7 Å². The molecule has 0 aromatic carbocycles. The first-order chi connectivity index (χ1) is 15.1. The van der Waals surface area contributed by atoms with Gasteiger partial charge in [0.15, 0.2) is 9.84 Å². The number of piperazine rings is 1. The van der Waals surface area contributed by atoms with E-state index in [0.717, 1.165) is 0 Å². The maximum absolute atomic E-state index is 12.7. The molecule has 4 rings (SSSR count). The molecule has 2 aliphatic rings. The number of amides is 1. The molecule has 2 aliphatic heterocycles. The molecule has 174 valence electrons. The first kappa shape index (κ1) is 22.8. The van der Waals surface area contributed by atoms with Crippen molar-refractivity contribution in [1.29, 1.82) is 0 Å². The molecule has 2 saturated heterocycles. The van der Waals surface area contributed by atoms with Crippen LogP contribution in [0, 0.1) is 6.92 Å². The molecular formula is C19H26N6O5S2. The fraction of sp³-hybridized carbons (Fsp3) is 0.526. The van der Waals surface area contributed by atoms with E-state index in [1.54, 1.807) is 23.7 Å². The molecule has 13 heteroatoms. The number of carbonyl (C=O) groups excluding carboxylic acids is 1. The highest BCUT2D eigenvalue weighted by Gasteiger charge is 2.32. The molecule has 2 aromatic rings. The van der Waals surface area contributed by atoms with E-state index in [2.05, 4.69) is 15.4 Å². The molecular weight excluding hydrogens is 456 g/mol. The van der Waals surface area contributed by atoms with Gasteiger partial charge in [-0.25, -0.2) is 21.5 Å². The Labute approximate surface area is 187 Å². The topological polar surface area (TPSA) is 135 Å². The summed E-state index contributed by atoms with van der Waals surface area (Å²) in [5, 5.41) is 7.20. The Hall–Kier alpha value is -2.35. The van der Waals surface area contributed by atoms with Crippen LogP contribution in [-0.2, 0) is 24.7 Å². The summed E-state index contributed by atoms with van der Waals surface area (Å²) in [7, 11) is -6.68. The first-order valence-corrected chi connectivity index (χ1v) is 13.6. The van der Waals surface area contributed by atoms with Crippen LogP contribution in [0.3, 0.4) is 0 Å². The average molecular weight is 483 g/mol. The summed E-state index contributed by atoms with van der Waals surface area (Å²) in [6.07, 6.45) is 3.32. The third-order valence-electron chi connectivity index (χ3n) is 5.65. The second-order valence-corrected chi connectivity index (χ2v) is 12.3. The molecule has 1 N–H and O–H groups in total. The number of aryl methyl sites for hydroxylation is 1. The summed E-state index contributed by atoms with van der Waals surface area (Å²) >= 11 is 0. The van der Waals surface area contributed by atoms with Gasteiger partial charge in [-0.3, -0.25) is 14.7 Å². The van der Waals surface area contributed by atoms with Gasteiger partial charge in [0, 0.05) is 44.6 Å². The van der Waals surface area contributed by atoms with Gasteiger partial charge in [0.25, 0.3) is 0 Å². The third-order valence-corrected chi connectivity index (χ3v) is 9.28. The molecule has 11 nitrogen and oxygen atoms in total. The van der Waals surface area contributed by atoms with E-state index in [1.807, 2.05) is 4.90 Å². The van der Waals surface area contributed by atoms with Crippen LogP contribution in [0.25, 0.3) is 0 Å². The number of anilines is 1. The van der Waals surface area contributed by atoms with Crippen LogP contribution in [0.2, 0.25) is 0 Å². The SMILES string of the molecule is Cc1cc(NC(=O)CN2CCN(S(=O)(=O)c3cccnc3)CC2)n([C@@H]2CCS(=O)(=O)C2)n1. The normalized spacial score (nSPS) is 22.1. The molecule has 2 aromatic heterocycles. The fourth-order valence-electron chi connectivity index (χ4n) is 4.02. The maximum atomic E-state index is 12.7. The van der Waals surface area contributed by atoms with Crippen molar-refractivity contribution in [2.24, 2.45) is 0 Å². The highest BCUT2D eigenvalue weighted by Crippen LogP contribution is 2.27. The maximum Gasteiger partial charge on any atom is 0.244 e. The number of hydrogen-bond donors (Lipinski definition) is 1. The Morgan fingerprint density at radius 2 is 2.00 bits per heavy atom. The van der Waals surface area contributed by atoms with Gasteiger partial charge >= 0.3 is 0 Å². The summed E-state index contributed by atoms with van der Waals surface area (Å²) in [6, 6.07) is 4.54. The van der Waals surface area contributed by atoms with E-state index in [9.17, 15) is 21.6 Å². The summed E-state index contributed by atoms with van der Waals surface area (Å²) in [5.74, 6) is 0.364. The second kappa shape index (κ2) is 8.89. The number of sulfone groups is 1. The van der Waals surface area contributed by atoms with Gasteiger partial charge in [-0.1, -0.05) is 0 Å². The molecule has 0 saturated carbocycles. The van der Waals surface area contributed by atoms with Crippen molar-refractivity contribution in [3.05, 3.63) is 36.3 Å². The van der Waals surface area contributed by atoms with Gasteiger partial charge < -0.3 is 5.32 Å². The van der Waals surface area contributed by atoms with Crippen LogP contribution in [0.1, 0.15) is 18.2 Å². The number of pyridine rings is 1. The van der Waals surface area contributed by atoms with Gasteiger partial charge in [-0.15, -0.1) is 0 Å². The highest BCUT2D eigenvalue weighted by atomic mass is 32.2. The largest absolute Gasteiger partial charge is 0.310 e. The summed E-state index contributed by atoms with van der Waals surface area (Å²) < 4.78 is 52.0. The number of nitrogens with zero attached hydrogens (tertiary/aromatic N) is 5. The number of nitrogens with one attached hydrogen (secondary N) is 1. The van der Waals surface area contributed by atoms with E-state index in [4.69, 9.17) is 0 Å². The molecule has 1 amide bonds. The lowest BCUT2D eigenvalue weighted by atomic mass is 10.3. The standard InChI is InChI=1S/C19H26N6O5S2/c1-15-11-18(25(22-15)16-4-10-31(27,28)14-16)21-19(26)13-23-6-8-24(9-7-23)32(29,30)17-3-2-5-20-12-17/h2-3,5,11-12,16H,4,6-10,13-14H2,1H3,(H,21,26)/t16-/m1/s1. The molecule has 0 spiro atoms. The molecule has 0 aliphatic carbocycles. The van der Waals surface area contributed by atoms with Crippen LogP contribution in [0.5, 0.6) is 0 Å². The predicted molar refractivity (Wildman–Crippen MR) is 117 cm³/mol. The first-order valence-electron chi connectivity index (χ1n) is 10.3. The Morgan fingerprint density at radius 3 is 2.62 bits per heavy atom. The smallest absolute Gasteiger partial charge is 0.244 e. The van der Waals surface area contributed by atoms with Gasteiger partial charge in [-0.05, 0) is 25.5 Å². The predicted octanol–water partition coefficient (Wildman–Crippen LogP) is -0.109. The molecule has 4 heterocycles. The number of hydrogen-bond acceptors (Lipinski definition) is 8. The zero-order valence-electron chi connectivity index (χ0n) is 17.7. The lowest BCUT2D eigenvalue weighted by molar-refractivity contribution is -0.117. The fourth-order valence-corrected chi connectivity index (χ4v) is 7.10. The van der Waals surface area contributed by atoms with E-state index < -0.39 is 19.9 Å². The van der Waals surface area contributed by atoms with Gasteiger partial charge in [0.05, 0.1) is 29.8 Å². The van der Waals surface area contributed by atoms with Crippen LogP contribution in [0.15, 0.2) is 35.5 Å². The summed E-state index contributed by atoms with van der Waals surface area (Å²) in [6.45, 7) is 3.30. The van der Waals surface area contributed by atoms with E-state index in [-0.39, 0.29) is 48.0 Å². The van der Waals surface area contributed by atoms with Crippen LogP contribution in [-0.4, -0.2) is 90.9 Å². The van der Waals surface area contributed by atoms with E-state index in [0.29, 0.717) is 31.0 Å². The van der Waals surface area contributed by atoms with Crippen molar-refractivity contribution in [3.8, 4) is 0 Å². The zero-order chi connectivity index (χ0) is 22.9. The monoisotopic (exact) mass is 482 g/mol. The summed E-state index contributed by atoms with van der Waals surface area (Å²) in [4.78, 5) is 18.6. The van der Waals surface area contributed by atoms with Crippen molar-refractivity contribution < 1.29 is 21.6 Å². The zero-order valence-corrected chi connectivity index (χ0v) is 19.3. The second-order valence-electron chi connectivity index (χ2n) is 8.09. The van der Waals surface area contributed by atoms with Gasteiger partial charge in [-0.2, -0.15) is 9.40 Å². The Bertz CT molecular complexity index is 1190. The van der Waals surface area contributed by atoms with Crippen molar-refractivity contribution in [2.45, 2.75) is 24.3 Å². The molecule has 0 unspecified atom stereocenters. The van der Waals surface area contributed by atoms with Gasteiger partial charge in [0.2, 0.25) is 15.9 Å². The Morgan fingerprint density at radius 1 is 1.25 bits per heavy atom. The van der Waals surface area contributed by atoms with E-state index in [1.165, 1.54) is 22.8 Å². The van der Waals surface area contributed by atoms with Crippen LogP contribution < -0.4 is 5.32 Å². The number of carbonyl (C=O) groups is 1. The minimum absolute atomic E-state index is 0.0182. The number of aromatic nitrogens is 3. The quantitative estimate of drug-likeness (QED) is 0.603. The molecule has 0 bridgehead atoms. The molecule has 0 radical (unpaired) electrons. The lowest BCUT2D eigenvalue weighted by Crippen LogP contribution is -2.50. The van der Waals surface area contributed by atoms with E-state index >= 15 is 0 Å². The summed E-state index contributed by atoms with van der Waals surface area (Å²) in [5.41, 5.74) is 0.693. The number of sulfonamides is 1. The van der Waals surface area contributed by atoms with Crippen molar-refractivity contribution in [1.82, 2.24) is 24.0 Å². The number of rotatable bonds is 6. The average Bonchev–Trinajstić information content (AvgIpc) is 3.30. The third kappa shape index (κ3) is 5.00. The minimum Gasteiger partial charge on any atom is -0.310 e. The lowest BCUT2D eigenvalue weighted by Gasteiger charge is -2.33. The molecule has 1 atom stereocenters. The van der Waals surface area contributed by atoms with Crippen LogP contribution in [0.4, 0.5) is 5.82 Å². The molecule has 2 fully saturated rings. The van der Waals surface area contributed by atoms with Crippen LogP contribution >= 0.6 is 0 Å². The molecule has 32 heavy (non-hydrogen) atoms. The Balaban J connectivity index is 1.34. The van der Waals surface area contributed by atoms with Crippen molar-refractivity contribution in [3.63, 3.8) is 0 Å². The Kier molecular flexibility index (Phi) is 6.34. The minimum atomic E-state index is -3.60. The van der Waals surface area contributed by atoms with Crippen molar-refractivity contribution in [2.75, 3.05) is 49.5 Å². The van der Waals surface area contributed by atoms with Crippen molar-refractivity contribution >= 4 is 31.6 Å².